The second kappa shape index (κ2) is 8.54. The number of aromatic hydroxyl groups is 1. The summed E-state index contributed by atoms with van der Waals surface area (Å²) in [5, 5.41) is 20.4. The molecule has 1 aliphatic rings. The molecule has 1 saturated heterocycles. The number of non-ortho nitro benzene ring substituents is 1. The van der Waals surface area contributed by atoms with Crippen LogP contribution in [-0.2, 0) is 11.3 Å². The Morgan fingerprint density at radius 3 is 2.76 bits per heavy atom. The van der Waals surface area contributed by atoms with Gasteiger partial charge in [0.15, 0.2) is 11.5 Å². The highest BCUT2D eigenvalue weighted by atomic mass is 35.5. The van der Waals surface area contributed by atoms with Crippen LogP contribution in [0.4, 0.5) is 10.5 Å². The first-order chi connectivity index (χ1) is 13.8. The average molecular weight is 435 g/mol. The lowest BCUT2D eigenvalue weighted by Gasteiger charge is -2.12. The number of thioether (sulfide) groups is 1. The summed E-state index contributed by atoms with van der Waals surface area (Å²) in [5.41, 5.74) is 0.832. The summed E-state index contributed by atoms with van der Waals surface area (Å²) in [5.74, 6) is -0.555. The number of hydrogen-bond donors (Lipinski definition) is 1. The standard InChI is InChI=1S/C19H15ClN2O6S/c1-2-28-15-8-12(7-14(20)17(15)23)9-16-18(24)21(19(25)29-16)10-11-4-3-5-13(6-11)22(26)27/h3-9,23H,2,10H2,1H3/b16-9+. The van der Waals surface area contributed by atoms with Gasteiger partial charge in [0.05, 0.1) is 28.0 Å². The molecule has 0 aliphatic carbocycles. The molecule has 1 aliphatic heterocycles. The Labute approximate surface area is 174 Å². The Balaban J connectivity index is 1.85. The second-order valence-corrected chi connectivity index (χ2v) is 7.38. The van der Waals surface area contributed by atoms with E-state index in [1.807, 2.05) is 0 Å². The highest BCUT2D eigenvalue weighted by molar-refractivity contribution is 8.18. The number of benzene rings is 2. The highest BCUT2D eigenvalue weighted by Gasteiger charge is 2.35. The summed E-state index contributed by atoms with van der Waals surface area (Å²) in [6.07, 6.45) is 1.48. The first-order valence-corrected chi connectivity index (χ1v) is 9.63. The normalized spacial score (nSPS) is 15.2. The van der Waals surface area contributed by atoms with Crippen LogP contribution < -0.4 is 4.74 Å². The molecule has 2 amide bonds. The molecule has 3 rings (SSSR count). The lowest BCUT2D eigenvalue weighted by atomic mass is 10.1. The van der Waals surface area contributed by atoms with E-state index < -0.39 is 16.1 Å². The van der Waals surface area contributed by atoms with Crippen molar-refractivity contribution in [1.82, 2.24) is 4.90 Å². The third kappa shape index (κ3) is 4.52. The van der Waals surface area contributed by atoms with E-state index in [9.17, 15) is 24.8 Å². The van der Waals surface area contributed by atoms with Crippen molar-refractivity contribution in [2.24, 2.45) is 0 Å². The molecule has 10 heteroatoms. The molecule has 0 saturated carbocycles. The molecule has 2 aromatic rings. The fraction of sp³-hybridized carbons (Fsp3) is 0.158. The molecule has 0 radical (unpaired) electrons. The van der Waals surface area contributed by atoms with Crippen molar-refractivity contribution in [2.75, 3.05) is 6.61 Å². The maximum Gasteiger partial charge on any atom is 0.293 e. The molecule has 150 valence electrons. The van der Waals surface area contributed by atoms with E-state index in [0.29, 0.717) is 17.7 Å². The van der Waals surface area contributed by atoms with Crippen molar-refractivity contribution in [3.8, 4) is 11.5 Å². The van der Waals surface area contributed by atoms with E-state index in [1.54, 1.807) is 13.0 Å². The largest absolute Gasteiger partial charge is 0.503 e. The van der Waals surface area contributed by atoms with Crippen molar-refractivity contribution in [1.29, 1.82) is 0 Å². The van der Waals surface area contributed by atoms with Gasteiger partial charge in [-0.2, -0.15) is 0 Å². The number of imide groups is 1. The topological polar surface area (TPSA) is 110 Å². The Kier molecular flexibility index (Phi) is 6.09. The van der Waals surface area contributed by atoms with Crippen LogP contribution in [0.5, 0.6) is 11.5 Å². The fourth-order valence-electron chi connectivity index (χ4n) is 2.68. The highest BCUT2D eigenvalue weighted by Crippen LogP contribution is 2.38. The molecular formula is C19H15ClN2O6S. The van der Waals surface area contributed by atoms with E-state index in [4.69, 9.17) is 16.3 Å². The minimum atomic E-state index is -0.540. The first-order valence-electron chi connectivity index (χ1n) is 8.44. The first kappa shape index (κ1) is 20.7. The van der Waals surface area contributed by atoms with E-state index in [-0.39, 0.29) is 33.7 Å². The zero-order valence-electron chi connectivity index (χ0n) is 15.1. The summed E-state index contributed by atoms with van der Waals surface area (Å²) in [6, 6.07) is 8.72. The number of amides is 2. The summed E-state index contributed by atoms with van der Waals surface area (Å²) in [7, 11) is 0. The summed E-state index contributed by atoms with van der Waals surface area (Å²) in [4.78, 5) is 36.5. The molecule has 0 bridgehead atoms. The quantitative estimate of drug-likeness (QED) is 0.402. The minimum absolute atomic E-state index is 0.0537. The van der Waals surface area contributed by atoms with Gasteiger partial charge >= 0.3 is 0 Å². The summed E-state index contributed by atoms with van der Waals surface area (Å²) >= 11 is 6.75. The Bertz CT molecular complexity index is 1040. The summed E-state index contributed by atoms with van der Waals surface area (Å²) in [6.45, 7) is 1.98. The molecule has 1 heterocycles. The number of rotatable bonds is 6. The van der Waals surface area contributed by atoms with Crippen LogP contribution in [0.2, 0.25) is 5.02 Å². The molecule has 0 unspecified atom stereocenters. The van der Waals surface area contributed by atoms with Crippen molar-refractivity contribution in [3.63, 3.8) is 0 Å². The third-order valence-corrected chi connectivity index (χ3v) is 5.18. The molecule has 29 heavy (non-hydrogen) atoms. The van der Waals surface area contributed by atoms with Gasteiger partial charge in [0, 0.05) is 12.1 Å². The molecule has 0 aromatic heterocycles. The van der Waals surface area contributed by atoms with Gasteiger partial charge in [0.1, 0.15) is 0 Å². The van der Waals surface area contributed by atoms with Crippen LogP contribution in [-0.4, -0.2) is 32.7 Å². The maximum absolute atomic E-state index is 12.7. The Morgan fingerprint density at radius 2 is 2.07 bits per heavy atom. The van der Waals surface area contributed by atoms with E-state index >= 15 is 0 Å². The number of phenols is 1. The van der Waals surface area contributed by atoms with Gasteiger partial charge in [0.25, 0.3) is 16.8 Å². The van der Waals surface area contributed by atoms with Crippen molar-refractivity contribution >= 4 is 46.3 Å². The SMILES string of the molecule is CCOc1cc(/C=C2/SC(=O)N(Cc3cccc([N+](=O)[O-])c3)C2=O)cc(Cl)c1O. The van der Waals surface area contributed by atoms with E-state index in [2.05, 4.69) is 0 Å². The molecule has 0 spiro atoms. The van der Waals surface area contributed by atoms with Crippen LogP contribution in [0.25, 0.3) is 6.08 Å². The monoisotopic (exact) mass is 434 g/mol. The van der Waals surface area contributed by atoms with Crippen molar-refractivity contribution < 1.29 is 24.4 Å². The number of ether oxygens (including phenoxy) is 1. The number of halogens is 1. The van der Waals surface area contributed by atoms with Gasteiger partial charge in [-0.25, -0.2) is 0 Å². The van der Waals surface area contributed by atoms with Crippen LogP contribution in [0.1, 0.15) is 18.1 Å². The Hall–Kier alpha value is -3.04. The molecule has 1 fully saturated rings. The van der Waals surface area contributed by atoms with Gasteiger partial charge in [-0.3, -0.25) is 24.6 Å². The number of phenolic OH excluding ortho intramolecular Hbond substituents is 1. The lowest BCUT2D eigenvalue weighted by molar-refractivity contribution is -0.384. The fourth-order valence-corrected chi connectivity index (χ4v) is 3.74. The van der Waals surface area contributed by atoms with Gasteiger partial charge in [-0.1, -0.05) is 23.7 Å². The lowest BCUT2D eigenvalue weighted by Crippen LogP contribution is -2.27. The Morgan fingerprint density at radius 1 is 1.31 bits per heavy atom. The number of nitrogens with zero attached hydrogens (tertiary/aromatic N) is 2. The number of carbonyl (C=O) groups is 2. The summed E-state index contributed by atoms with van der Waals surface area (Å²) < 4.78 is 5.31. The van der Waals surface area contributed by atoms with Gasteiger partial charge in [0.2, 0.25) is 0 Å². The predicted octanol–water partition coefficient (Wildman–Crippen LogP) is 4.59. The van der Waals surface area contributed by atoms with E-state index in [0.717, 1.165) is 16.7 Å². The molecule has 1 N–H and O–H groups in total. The molecular weight excluding hydrogens is 420 g/mol. The number of nitro groups is 1. The smallest absolute Gasteiger partial charge is 0.293 e. The van der Waals surface area contributed by atoms with E-state index in [1.165, 1.54) is 36.4 Å². The molecule has 2 aromatic carbocycles. The van der Waals surface area contributed by atoms with Gasteiger partial charge in [-0.15, -0.1) is 0 Å². The predicted molar refractivity (Wildman–Crippen MR) is 109 cm³/mol. The van der Waals surface area contributed by atoms with Crippen LogP contribution in [0.15, 0.2) is 41.3 Å². The van der Waals surface area contributed by atoms with Crippen molar-refractivity contribution in [3.05, 3.63) is 67.6 Å². The van der Waals surface area contributed by atoms with Crippen molar-refractivity contribution in [2.45, 2.75) is 13.5 Å². The molecule has 0 atom stereocenters. The third-order valence-electron chi connectivity index (χ3n) is 3.98. The number of nitro benzene ring substituents is 1. The van der Waals surface area contributed by atoms with Crippen LogP contribution >= 0.6 is 23.4 Å². The maximum atomic E-state index is 12.7. The van der Waals surface area contributed by atoms with Crippen LogP contribution in [0.3, 0.4) is 0 Å². The average Bonchev–Trinajstić information content (AvgIpc) is 2.93. The molecule has 8 nitrogen and oxygen atoms in total. The van der Waals surface area contributed by atoms with Crippen LogP contribution in [0, 0.1) is 10.1 Å². The zero-order valence-corrected chi connectivity index (χ0v) is 16.7. The van der Waals surface area contributed by atoms with Gasteiger partial charge in [-0.05, 0) is 48.0 Å². The van der Waals surface area contributed by atoms with Gasteiger partial charge < -0.3 is 9.84 Å². The zero-order chi connectivity index (χ0) is 21.1. The number of hydrogen-bond acceptors (Lipinski definition) is 7. The number of carbonyl (C=O) groups excluding carboxylic acids is 2. The second-order valence-electron chi connectivity index (χ2n) is 5.98. The minimum Gasteiger partial charge on any atom is -0.503 e.